The Morgan fingerprint density at radius 2 is 0.697 bits per heavy atom. The second-order valence-electron chi connectivity index (χ2n) is 33.0. The Labute approximate surface area is 809 Å². The summed E-state index contributed by atoms with van der Waals surface area (Å²) in [5.74, 6) is 5.64. The summed E-state index contributed by atoms with van der Waals surface area (Å²) in [6.45, 7) is 10.9. The van der Waals surface area contributed by atoms with Crippen LogP contribution in [0.1, 0.15) is 195 Å². The van der Waals surface area contributed by atoms with Gasteiger partial charge in [0.2, 0.25) is 41.3 Å². The summed E-state index contributed by atoms with van der Waals surface area (Å²) in [5.41, 5.74) is 13.3. The maximum atomic E-state index is 12.8. The molecule has 0 saturated heterocycles. The van der Waals surface area contributed by atoms with Gasteiger partial charge in [0, 0.05) is 93.7 Å². The molecule has 0 aliphatic heterocycles. The van der Waals surface area contributed by atoms with Crippen molar-refractivity contribution >= 4 is 29.8 Å². The monoisotopic (exact) mass is 1980 g/mol. The number of benzene rings is 10. The number of hydrogen-bond acceptors (Lipinski definition) is 19. The number of aliphatic carboxylic acids is 1. The van der Waals surface area contributed by atoms with E-state index in [1.807, 2.05) is 105 Å². The zero-order chi connectivity index (χ0) is 104. The first-order chi connectivity index (χ1) is 67.2. The third-order valence-electron chi connectivity index (χ3n) is 20.8. The minimum atomic E-state index is -4.38. The topological polar surface area (TPSA) is 336 Å². The molecule has 0 aliphatic carbocycles. The number of carboxylic acids is 1. The number of aromatic nitrogens is 6. The summed E-state index contributed by atoms with van der Waals surface area (Å²) in [6.07, 6.45) is -12.8. The lowest BCUT2D eigenvalue weighted by Gasteiger charge is -2.24. The molecule has 142 heavy (non-hydrogen) atoms. The van der Waals surface area contributed by atoms with Crippen molar-refractivity contribution in [3.63, 3.8) is 0 Å². The van der Waals surface area contributed by atoms with E-state index in [0.717, 1.165) is 137 Å². The number of unbranched alkanes of at least 4 members (excludes halogenated alkanes) is 2. The number of nitrogens with zero attached hydrogens (tertiary/aromatic N) is 9. The maximum Gasteiger partial charge on any atom is 0.416 e. The minimum absolute atomic E-state index is 0.273. The third kappa shape index (κ3) is 37.3. The number of hydrazine groups is 2. The Hall–Kier alpha value is -15.1. The lowest BCUT2D eigenvalue weighted by Crippen LogP contribution is -2.41. The second-order valence-corrected chi connectivity index (χ2v) is 33.0. The van der Waals surface area contributed by atoms with E-state index < -0.39 is 88.2 Å². The highest BCUT2D eigenvalue weighted by Crippen LogP contribution is 2.37. The lowest BCUT2D eigenvalue weighted by molar-refractivity contribution is -0.138. The van der Waals surface area contributed by atoms with Crippen molar-refractivity contribution in [3.8, 4) is 40.6 Å². The van der Waals surface area contributed by atoms with Gasteiger partial charge in [-0.05, 0) is 219 Å². The molecule has 0 atom stereocenters. The normalized spacial score (nSPS) is 11.3. The zero-order valence-corrected chi connectivity index (χ0v) is 78.5. The summed E-state index contributed by atoms with van der Waals surface area (Å²) in [5, 5.41) is 44.2. The Morgan fingerprint density at radius 3 is 0.993 bits per heavy atom. The molecule has 3 aromatic heterocycles. The summed E-state index contributed by atoms with van der Waals surface area (Å²) < 4.78 is 213. The Kier molecular flexibility index (Phi) is 42.2. The number of carbonyl (C=O) groups is 5. The van der Waals surface area contributed by atoms with Crippen LogP contribution in [0.5, 0.6) is 0 Å². The van der Waals surface area contributed by atoms with Gasteiger partial charge in [0.25, 0.3) is 11.8 Å². The summed E-state index contributed by atoms with van der Waals surface area (Å²) >= 11 is 0. The van der Waals surface area contributed by atoms with Crippen LogP contribution < -0.4 is 27.4 Å². The van der Waals surface area contributed by atoms with Gasteiger partial charge in [-0.2, -0.15) is 71.1 Å². The SMILES string of the molecule is CCCCC(=O)NNC(=O)c1ccccc1Cc1ccc(C(F)(F)F)cc1.CCCCC(=O)O.CN(C#N)CCc1nnc(-c2ccccc2Cc2ccc(C(F)(F)F)cc2)o1.CN(CCc1nnc(-c2ccccc2Cc2ccc(C(F)(F)F)cc2)o1)C(=O)OC(C)(C)C.CNCCc1nnc(-c2ccccc2Cc2ccc(C(F)(F)F)cc2)o1.NNC(=O)c1ccccc1Cc1ccc(C(F)(F)F)cc1. The number of alkyl halides is 15. The molecule has 0 unspecified atom stereocenters. The van der Waals surface area contributed by atoms with Crippen molar-refractivity contribution < 1.29 is 113 Å². The van der Waals surface area contributed by atoms with Crippen LogP contribution in [0.4, 0.5) is 70.7 Å². The van der Waals surface area contributed by atoms with Gasteiger partial charge >= 0.3 is 42.9 Å². The first-order valence-corrected chi connectivity index (χ1v) is 44.5. The number of amides is 4. The molecule has 3 heterocycles. The number of nitrogen functional groups attached to an aromatic ring is 1. The number of ether oxygens (including phenoxy) is 1. The van der Waals surface area contributed by atoms with E-state index in [2.05, 4.69) is 46.8 Å². The van der Waals surface area contributed by atoms with Crippen LogP contribution in [0.2, 0.25) is 0 Å². The fourth-order valence-electron chi connectivity index (χ4n) is 13.2. The van der Waals surface area contributed by atoms with Crippen molar-refractivity contribution in [3.05, 3.63) is 355 Å². The number of halogens is 15. The maximum absolute atomic E-state index is 12.8. The van der Waals surface area contributed by atoms with Crippen LogP contribution >= 0.6 is 0 Å². The average molecular weight is 1980 g/mol. The van der Waals surface area contributed by atoms with Gasteiger partial charge in [-0.15, -0.1) is 30.6 Å². The Morgan fingerprint density at radius 1 is 0.401 bits per heavy atom. The molecule has 0 aliphatic rings. The largest absolute Gasteiger partial charge is 0.481 e. The van der Waals surface area contributed by atoms with Crippen LogP contribution in [0.15, 0.2) is 256 Å². The standard InChI is InChI=1S/C24H26F3N3O3.C20H17F3N4O.C20H21F3N2O2.C19H18F3N3O.C15H13F3N2O.C5H10O2/c1-23(2,3)33-22(31)30(4)14-13-20-28-29-21(32-20)19-8-6-5-7-17(19)15-16-9-11-18(12-10-16)24(25,26)27;1-27(13-24)11-10-18-25-26-19(28-18)17-5-3-2-4-15(17)12-14-6-8-16(9-7-14)20(21,22)23;1-2-3-8-18(26)24-25-19(27)17-7-5-4-6-15(17)13-14-9-11-16(12-10-14)20(21,22)23;1-23-11-10-17-24-25-18(26-17)16-5-3-2-4-14(16)12-13-6-8-15(9-7-13)19(20,21)22;16-15(17,18)12-7-5-10(6-8-12)9-11-3-1-2-4-13(11)14(21)20-19;1-2-3-4-5(6)7/h5-12H,13-15H2,1-4H3;2-9H,10-12H2,1H3;4-7,9-12H,2-3,8,13H2,1H3,(H,24,26)(H,25,27);2-9,23H,10-12H2,1H3;1-8H,9,19H2,(H,20,21);2-4H2,1H3,(H,6,7). The molecule has 0 fully saturated rings. The molecule has 0 bridgehead atoms. The van der Waals surface area contributed by atoms with E-state index in [4.69, 9.17) is 34.2 Å². The predicted molar refractivity (Wildman–Crippen MR) is 499 cm³/mol. The molecule has 10 aromatic carbocycles. The van der Waals surface area contributed by atoms with E-state index in [1.165, 1.54) is 70.5 Å². The van der Waals surface area contributed by atoms with E-state index in [9.17, 15) is 89.8 Å². The van der Waals surface area contributed by atoms with Crippen LogP contribution in [-0.2, 0) is 96.6 Å². The molecule has 0 radical (unpaired) electrons. The molecule has 13 rings (SSSR count). The number of likely N-dealkylation sites (N-methyl/N-ethyl adjacent to an activating group) is 3. The number of carboxylic acid groups (broad SMARTS) is 1. The molecule has 0 spiro atoms. The fourth-order valence-corrected chi connectivity index (χ4v) is 13.2. The summed E-state index contributed by atoms with van der Waals surface area (Å²) in [4.78, 5) is 60.3. The van der Waals surface area contributed by atoms with Crippen LogP contribution in [0, 0.1) is 11.5 Å². The number of nitrogens with one attached hydrogen (secondary N) is 4. The fraction of sp³-hybridized carbons (Fsp3) is 0.301. The number of rotatable bonds is 30. The van der Waals surface area contributed by atoms with Crippen LogP contribution in [0.3, 0.4) is 0 Å². The first-order valence-electron chi connectivity index (χ1n) is 44.5. The molecule has 4 amide bonds. The summed E-state index contributed by atoms with van der Waals surface area (Å²) in [7, 11) is 5.14. The van der Waals surface area contributed by atoms with Gasteiger partial charge in [0.15, 0.2) is 6.19 Å². The molecule has 13 aromatic rings. The van der Waals surface area contributed by atoms with Gasteiger partial charge < -0.3 is 38.2 Å². The van der Waals surface area contributed by atoms with E-state index in [-0.39, 0.29) is 5.91 Å². The highest BCUT2D eigenvalue weighted by Gasteiger charge is 2.35. The molecule has 7 N–H and O–H groups in total. The Bertz CT molecular complexity index is 6220. The number of carbonyl (C=O) groups excluding carboxylic acids is 4. The predicted octanol–water partition coefficient (Wildman–Crippen LogP) is 22.6. The van der Waals surface area contributed by atoms with E-state index in [0.29, 0.717) is 152 Å². The van der Waals surface area contributed by atoms with Crippen molar-refractivity contribution in [1.29, 1.82) is 5.26 Å². The average Bonchev–Trinajstić information content (AvgIpc) is 1.63. The first kappa shape index (κ1) is 112. The molecule has 24 nitrogen and oxygen atoms in total. The molecule has 752 valence electrons. The lowest BCUT2D eigenvalue weighted by atomic mass is 9.98. The van der Waals surface area contributed by atoms with E-state index >= 15 is 0 Å². The quantitative estimate of drug-likeness (QED) is 0.00608. The van der Waals surface area contributed by atoms with Crippen molar-refractivity contribution in [2.75, 3.05) is 40.8 Å². The van der Waals surface area contributed by atoms with Crippen molar-refractivity contribution in [2.45, 2.75) is 161 Å². The number of nitrogens with two attached hydrogens (primary N) is 1. The highest BCUT2D eigenvalue weighted by atomic mass is 19.4. The number of nitriles is 1. The molecular weight excluding hydrogens is 1880 g/mol. The van der Waals surface area contributed by atoms with Gasteiger partial charge in [-0.1, -0.05) is 178 Å². The zero-order valence-electron chi connectivity index (χ0n) is 78.5. The second kappa shape index (κ2) is 53.4. The van der Waals surface area contributed by atoms with Gasteiger partial charge in [0.1, 0.15) is 5.60 Å². The number of hydrogen-bond donors (Lipinski definition) is 6. The minimum Gasteiger partial charge on any atom is -0.481 e. The summed E-state index contributed by atoms with van der Waals surface area (Å²) in [6, 6.07) is 60.9. The molecular formula is C103H105F15N14O10. The van der Waals surface area contributed by atoms with Crippen molar-refractivity contribution in [2.24, 2.45) is 5.84 Å². The Balaban J connectivity index is 0.000000214. The van der Waals surface area contributed by atoms with Gasteiger partial charge in [0.05, 0.1) is 27.8 Å². The van der Waals surface area contributed by atoms with Crippen LogP contribution in [0.25, 0.3) is 34.4 Å². The van der Waals surface area contributed by atoms with Crippen LogP contribution in [-0.4, -0.2) is 122 Å². The van der Waals surface area contributed by atoms with Gasteiger partial charge in [-0.3, -0.25) is 35.5 Å². The molecule has 39 heteroatoms. The smallest absolute Gasteiger partial charge is 0.416 e. The van der Waals surface area contributed by atoms with Gasteiger partial charge in [-0.25, -0.2) is 10.6 Å². The highest BCUT2D eigenvalue weighted by molar-refractivity contribution is 5.97. The van der Waals surface area contributed by atoms with Crippen molar-refractivity contribution in [1.82, 2.24) is 62.0 Å². The third-order valence-corrected chi connectivity index (χ3v) is 20.8. The molecule has 0 saturated carbocycles. The van der Waals surface area contributed by atoms with E-state index in [1.54, 1.807) is 83.4 Å².